The van der Waals surface area contributed by atoms with Gasteiger partial charge in [-0.05, 0) is 32.0 Å². The number of hydrogen-bond acceptors (Lipinski definition) is 4. The fourth-order valence-corrected chi connectivity index (χ4v) is 7.12. The molecule has 0 aromatic heterocycles. The molecule has 0 aliphatic carbocycles. The predicted octanol–water partition coefficient (Wildman–Crippen LogP) is 8.22. The van der Waals surface area contributed by atoms with Crippen LogP contribution in [0, 0.1) is 0 Å². The highest BCUT2D eigenvalue weighted by molar-refractivity contribution is 5.99. The largest absolute Gasteiger partial charge is 0.456 e. The summed E-state index contributed by atoms with van der Waals surface area (Å²) in [4.78, 5) is 14.0. The molecule has 5 aromatic rings. The second-order valence-electron chi connectivity index (χ2n) is 11.2. The molecule has 0 atom stereocenters. The summed E-state index contributed by atoms with van der Waals surface area (Å²) in [7, 11) is 0. The van der Waals surface area contributed by atoms with Crippen molar-refractivity contribution in [1.82, 2.24) is 9.60 Å². The standard InChI is InChI=1S/C38H35N2O3/c1-3-39(4-2)40(26-28-16-7-5-8-17-28,27-29-18-9-6-10-19-29)33-23-15-20-30-36(33)38(43-37(30)41)31-21-11-13-24-34(31)42-35-25-14-12-22-32(35)38/h5-25H,3-4,26-27H2,1-2H3/q+1. The summed E-state index contributed by atoms with van der Waals surface area (Å²) >= 11 is 0. The monoisotopic (exact) mass is 567 g/mol. The summed E-state index contributed by atoms with van der Waals surface area (Å²) in [6.45, 7) is 7.48. The predicted molar refractivity (Wildman–Crippen MR) is 170 cm³/mol. The maximum Gasteiger partial charge on any atom is 0.340 e. The van der Waals surface area contributed by atoms with Gasteiger partial charge in [0.05, 0.1) is 11.1 Å². The van der Waals surface area contributed by atoms with Gasteiger partial charge in [0, 0.05) is 41.4 Å². The molecule has 0 fully saturated rings. The van der Waals surface area contributed by atoms with Crippen molar-refractivity contribution in [3.8, 4) is 11.5 Å². The van der Waals surface area contributed by atoms with E-state index < -0.39 is 5.60 Å². The second-order valence-corrected chi connectivity index (χ2v) is 11.2. The molecule has 7 rings (SSSR count). The molecule has 0 unspecified atom stereocenters. The molecule has 0 saturated carbocycles. The molecule has 0 radical (unpaired) electrons. The third-order valence-corrected chi connectivity index (χ3v) is 8.91. The average Bonchev–Trinajstić information content (AvgIpc) is 3.35. The van der Waals surface area contributed by atoms with E-state index in [4.69, 9.17) is 9.47 Å². The van der Waals surface area contributed by atoms with Crippen molar-refractivity contribution < 1.29 is 14.3 Å². The van der Waals surface area contributed by atoms with E-state index in [0.717, 1.165) is 35.5 Å². The van der Waals surface area contributed by atoms with Crippen LogP contribution in [0.1, 0.15) is 52.0 Å². The van der Waals surface area contributed by atoms with Crippen LogP contribution in [0.15, 0.2) is 127 Å². The molecule has 0 N–H and O–H groups in total. The van der Waals surface area contributed by atoms with Crippen molar-refractivity contribution in [2.24, 2.45) is 0 Å². The van der Waals surface area contributed by atoms with Gasteiger partial charge in [0.25, 0.3) is 0 Å². The maximum atomic E-state index is 14.0. The molecular weight excluding hydrogens is 532 g/mol. The first kappa shape index (κ1) is 27.1. The van der Waals surface area contributed by atoms with E-state index in [1.807, 2.05) is 60.7 Å². The zero-order chi connectivity index (χ0) is 29.4. The number of nitrogens with zero attached hydrogens (tertiary/aromatic N) is 2. The van der Waals surface area contributed by atoms with Crippen molar-refractivity contribution in [3.63, 3.8) is 0 Å². The first-order chi connectivity index (χ1) is 21.1. The molecule has 43 heavy (non-hydrogen) atoms. The Morgan fingerprint density at radius 2 is 1.14 bits per heavy atom. The Hall–Kier alpha value is -4.71. The highest BCUT2D eigenvalue weighted by Gasteiger charge is 2.58. The number of carbonyl (C=O) groups excluding carboxylic acids is 1. The van der Waals surface area contributed by atoms with Gasteiger partial charge in [-0.25, -0.2) is 9.39 Å². The van der Waals surface area contributed by atoms with E-state index in [9.17, 15) is 4.79 Å². The van der Waals surface area contributed by atoms with E-state index >= 15 is 0 Å². The van der Waals surface area contributed by atoms with E-state index in [1.54, 1.807) is 0 Å². The fourth-order valence-electron chi connectivity index (χ4n) is 7.12. The number of ether oxygens (including phenoxy) is 2. The highest BCUT2D eigenvalue weighted by atomic mass is 16.6. The summed E-state index contributed by atoms with van der Waals surface area (Å²) < 4.78 is 13.6. The van der Waals surface area contributed by atoms with E-state index in [2.05, 4.69) is 85.6 Å². The Labute approximate surface area is 253 Å². The third-order valence-electron chi connectivity index (χ3n) is 8.91. The molecule has 0 amide bonds. The van der Waals surface area contributed by atoms with Gasteiger partial charge in [-0.15, -0.1) is 0 Å². The SMILES string of the molecule is CCN(CC)[N+](Cc1ccccc1)(Cc1ccccc1)c1cccc2c1C1(OC2=O)c2ccccc2Oc2ccccc21. The minimum atomic E-state index is -1.15. The quantitative estimate of drug-likeness (QED) is 0.108. The van der Waals surface area contributed by atoms with Crippen LogP contribution in [0.25, 0.3) is 0 Å². The van der Waals surface area contributed by atoms with Crippen LogP contribution in [0.4, 0.5) is 5.69 Å². The maximum absolute atomic E-state index is 14.0. The molecule has 0 saturated heterocycles. The topological polar surface area (TPSA) is 38.8 Å². The molecule has 5 heteroatoms. The van der Waals surface area contributed by atoms with E-state index in [1.165, 1.54) is 11.1 Å². The molecule has 2 aliphatic rings. The van der Waals surface area contributed by atoms with Crippen LogP contribution < -0.4 is 9.33 Å². The Bertz CT molecular complexity index is 1690. The van der Waals surface area contributed by atoms with Crippen LogP contribution in [-0.2, 0) is 23.4 Å². The first-order valence-corrected chi connectivity index (χ1v) is 15.1. The van der Waals surface area contributed by atoms with Crippen LogP contribution in [-0.4, -0.2) is 24.1 Å². The molecule has 1 spiro atoms. The lowest BCUT2D eigenvalue weighted by Gasteiger charge is -2.47. The van der Waals surface area contributed by atoms with Gasteiger partial charge in [-0.1, -0.05) is 103 Å². The normalized spacial score (nSPS) is 14.5. The van der Waals surface area contributed by atoms with Crippen molar-refractivity contribution in [1.29, 1.82) is 0 Å². The lowest BCUT2D eigenvalue weighted by Crippen LogP contribution is -2.61. The number of hydrogen-bond donors (Lipinski definition) is 0. The van der Waals surface area contributed by atoms with Gasteiger partial charge in [0.2, 0.25) is 5.60 Å². The van der Waals surface area contributed by atoms with Crippen LogP contribution in [0.5, 0.6) is 11.5 Å². The van der Waals surface area contributed by atoms with E-state index in [0.29, 0.717) is 34.7 Å². The second kappa shape index (κ2) is 10.8. The molecule has 2 heterocycles. The van der Waals surface area contributed by atoms with Gasteiger partial charge in [-0.2, -0.15) is 5.01 Å². The summed E-state index contributed by atoms with van der Waals surface area (Å²) in [6, 6.07) is 43.3. The zero-order valence-electron chi connectivity index (χ0n) is 24.6. The van der Waals surface area contributed by atoms with Gasteiger partial charge < -0.3 is 9.47 Å². The number of carbonyl (C=O) groups is 1. The Morgan fingerprint density at radius 3 is 1.67 bits per heavy atom. The number of para-hydroxylation sites is 2. The van der Waals surface area contributed by atoms with Gasteiger partial charge in [0.1, 0.15) is 24.6 Å². The lowest BCUT2D eigenvalue weighted by molar-refractivity contribution is -0.0277. The van der Waals surface area contributed by atoms with Gasteiger partial charge >= 0.3 is 5.97 Å². The summed E-state index contributed by atoms with van der Waals surface area (Å²) in [5, 5.41) is 2.50. The summed E-state index contributed by atoms with van der Waals surface area (Å²) in [5.74, 6) is 1.08. The average molecular weight is 568 g/mol. The third kappa shape index (κ3) is 4.27. The molecule has 5 nitrogen and oxygen atoms in total. The Balaban J connectivity index is 1.58. The van der Waals surface area contributed by atoms with Crippen LogP contribution in [0.3, 0.4) is 0 Å². The number of fused-ring (bicyclic) bond motifs is 6. The van der Waals surface area contributed by atoms with Crippen molar-refractivity contribution in [3.05, 3.63) is 161 Å². The van der Waals surface area contributed by atoms with Crippen LogP contribution >= 0.6 is 0 Å². The minimum Gasteiger partial charge on any atom is -0.456 e. The van der Waals surface area contributed by atoms with Gasteiger partial charge in [-0.3, -0.25) is 0 Å². The smallest absolute Gasteiger partial charge is 0.340 e. The number of benzene rings is 5. The summed E-state index contributed by atoms with van der Waals surface area (Å²) in [5.41, 5.74) is 5.49. The molecule has 2 aliphatic heterocycles. The molecule has 214 valence electrons. The number of quaternary nitrogens is 1. The molecular formula is C38H35N2O3+. The van der Waals surface area contributed by atoms with Crippen molar-refractivity contribution in [2.45, 2.75) is 32.5 Å². The number of esters is 1. The van der Waals surface area contributed by atoms with Crippen molar-refractivity contribution in [2.75, 3.05) is 13.1 Å². The first-order valence-electron chi connectivity index (χ1n) is 15.1. The Kier molecular flexibility index (Phi) is 6.85. The summed E-state index contributed by atoms with van der Waals surface area (Å²) in [6.07, 6.45) is 0. The minimum absolute atomic E-state index is 0.319. The van der Waals surface area contributed by atoms with Gasteiger partial charge in [0.15, 0.2) is 5.69 Å². The Morgan fingerprint density at radius 1 is 0.628 bits per heavy atom. The molecule has 5 aromatic carbocycles. The lowest BCUT2D eigenvalue weighted by atomic mass is 9.76. The van der Waals surface area contributed by atoms with Crippen LogP contribution in [0.2, 0.25) is 0 Å². The highest BCUT2D eigenvalue weighted by Crippen LogP contribution is 2.59. The fraction of sp³-hybridized carbons (Fsp3) is 0.184. The van der Waals surface area contributed by atoms with E-state index in [-0.39, 0.29) is 5.97 Å². The van der Waals surface area contributed by atoms with Crippen molar-refractivity contribution >= 4 is 11.7 Å². The molecule has 0 bridgehead atoms. The zero-order valence-corrected chi connectivity index (χ0v) is 24.6. The number of rotatable bonds is 8.